The molecule has 0 atom stereocenters. The number of aromatic nitrogens is 2. The molecule has 9 nitrogen and oxygen atoms in total. The van der Waals surface area contributed by atoms with E-state index in [4.69, 9.17) is 5.73 Å². The third kappa shape index (κ3) is 4.80. The highest BCUT2D eigenvalue weighted by Gasteiger charge is 2.27. The average molecular weight is 473 g/mol. The van der Waals surface area contributed by atoms with Crippen LogP contribution < -0.4 is 11.1 Å². The number of carbonyl (C=O) groups excluding carboxylic acids is 1. The van der Waals surface area contributed by atoms with Crippen LogP contribution in [-0.2, 0) is 16.6 Å². The lowest BCUT2D eigenvalue weighted by molar-refractivity contribution is 0.0947. The maximum atomic E-state index is 12.9. The van der Waals surface area contributed by atoms with Crippen molar-refractivity contribution < 1.29 is 13.2 Å². The van der Waals surface area contributed by atoms with Crippen molar-refractivity contribution in [1.82, 2.24) is 24.5 Å². The molecule has 0 saturated carbocycles. The first-order valence-electron chi connectivity index (χ1n) is 10.1. The van der Waals surface area contributed by atoms with E-state index in [2.05, 4.69) is 20.2 Å². The minimum Gasteiger partial charge on any atom is -0.382 e. The van der Waals surface area contributed by atoms with Crippen LogP contribution in [0.2, 0.25) is 0 Å². The van der Waals surface area contributed by atoms with Gasteiger partial charge in [-0.1, -0.05) is 18.2 Å². The fourth-order valence-electron chi connectivity index (χ4n) is 3.34. The number of nitrogens with zero attached hydrogens (tertiary/aromatic N) is 4. The largest absolute Gasteiger partial charge is 0.382 e. The number of piperazine rings is 1. The molecule has 0 spiro atoms. The number of benzene rings is 1. The number of nitrogens with two attached hydrogens (primary N) is 1. The van der Waals surface area contributed by atoms with Crippen LogP contribution in [0.3, 0.4) is 0 Å². The molecule has 1 aliphatic rings. The normalized spacial score (nSPS) is 15.5. The van der Waals surface area contributed by atoms with Gasteiger partial charge in [-0.3, -0.25) is 4.79 Å². The number of hydrogen-bond acceptors (Lipinski definition) is 8. The van der Waals surface area contributed by atoms with Gasteiger partial charge >= 0.3 is 0 Å². The number of sulfonamides is 1. The number of hydrogen-bond donors (Lipinski definition) is 2. The summed E-state index contributed by atoms with van der Waals surface area (Å²) in [6.45, 7) is 2.72. The summed E-state index contributed by atoms with van der Waals surface area (Å²) < 4.78 is 27.3. The topological polar surface area (TPSA) is 122 Å². The second kappa shape index (κ2) is 9.33. The number of nitrogens with one attached hydrogen (secondary N) is 1. The maximum absolute atomic E-state index is 12.9. The van der Waals surface area contributed by atoms with Gasteiger partial charge in [-0.2, -0.15) is 4.31 Å². The SMILES string of the molecule is CN1CCN(S(=O)(=O)c2ccc(-c3cnc(N)c(C(=O)NCc4cccs4)n3)cc2)CC1. The van der Waals surface area contributed by atoms with Gasteiger partial charge in [0.1, 0.15) is 0 Å². The predicted octanol–water partition coefficient (Wildman–Crippen LogP) is 1.65. The van der Waals surface area contributed by atoms with E-state index in [-0.39, 0.29) is 16.4 Å². The van der Waals surface area contributed by atoms with Gasteiger partial charge < -0.3 is 16.0 Å². The zero-order valence-corrected chi connectivity index (χ0v) is 19.2. The van der Waals surface area contributed by atoms with E-state index >= 15 is 0 Å². The van der Waals surface area contributed by atoms with E-state index in [9.17, 15) is 13.2 Å². The van der Waals surface area contributed by atoms with Gasteiger partial charge in [-0.05, 0) is 30.6 Å². The number of likely N-dealkylation sites (N-methyl/N-ethyl adjacent to an activating group) is 1. The quantitative estimate of drug-likeness (QED) is 0.559. The fraction of sp³-hybridized carbons (Fsp3) is 0.286. The monoisotopic (exact) mass is 472 g/mol. The lowest BCUT2D eigenvalue weighted by Crippen LogP contribution is -2.46. The Morgan fingerprint density at radius 2 is 1.88 bits per heavy atom. The summed E-state index contributed by atoms with van der Waals surface area (Å²) in [4.78, 5) is 24.4. The van der Waals surface area contributed by atoms with Gasteiger partial charge in [0.2, 0.25) is 10.0 Å². The highest BCUT2D eigenvalue weighted by Crippen LogP contribution is 2.23. The van der Waals surface area contributed by atoms with Gasteiger partial charge in [-0.25, -0.2) is 18.4 Å². The van der Waals surface area contributed by atoms with E-state index < -0.39 is 15.9 Å². The van der Waals surface area contributed by atoms with Crippen LogP contribution in [0.15, 0.2) is 52.9 Å². The molecule has 1 saturated heterocycles. The first-order valence-corrected chi connectivity index (χ1v) is 12.4. The molecule has 1 fully saturated rings. The summed E-state index contributed by atoms with van der Waals surface area (Å²) >= 11 is 1.54. The predicted molar refractivity (Wildman–Crippen MR) is 124 cm³/mol. The van der Waals surface area contributed by atoms with Crippen molar-refractivity contribution in [2.75, 3.05) is 39.0 Å². The summed E-state index contributed by atoms with van der Waals surface area (Å²) in [6, 6.07) is 10.3. The molecule has 32 heavy (non-hydrogen) atoms. The molecular weight excluding hydrogens is 448 g/mol. The number of nitrogen functional groups attached to an aromatic ring is 1. The standard InChI is InChI=1S/C21H24N6O3S2/c1-26-8-10-27(11-9-26)32(29,30)17-6-4-15(5-7-17)18-14-23-20(22)19(25-18)21(28)24-13-16-3-2-12-31-16/h2-7,12,14H,8-11,13H2,1H3,(H2,22,23)(H,24,28). The van der Waals surface area contributed by atoms with Crippen LogP contribution in [0.4, 0.5) is 5.82 Å². The maximum Gasteiger partial charge on any atom is 0.274 e. The Labute approximate surface area is 191 Å². The third-order valence-corrected chi connectivity index (χ3v) is 8.06. The summed E-state index contributed by atoms with van der Waals surface area (Å²) in [5, 5.41) is 4.72. The Balaban J connectivity index is 1.51. The molecule has 1 aliphatic heterocycles. The first kappa shape index (κ1) is 22.3. The van der Waals surface area contributed by atoms with Crippen LogP contribution in [0.5, 0.6) is 0 Å². The lowest BCUT2D eigenvalue weighted by Gasteiger charge is -2.31. The van der Waals surface area contributed by atoms with Crippen LogP contribution in [-0.4, -0.2) is 66.7 Å². The Bertz CT molecular complexity index is 1190. The zero-order valence-electron chi connectivity index (χ0n) is 17.6. The van der Waals surface area contributed by atoms with Gasteiger partial charge in [0.05, 0.1) is 23.3 Å². The Hall–Kier alpha value is -2.86. The number of thiophene rings is 1. The lowest BCUT2D eigenvalue weighted by atomic mass is 10.1. The van der Waals surface area contributed by atoms with Crippen molar-refractivity contribution in [3.63, 3.8) is 0 Å². The molecule has 1 amide bonds. The van der Waals surface area contributed by atoms with E-state index in [0.717, 1.165) is 4.88 Å². The van der Waals surface area contributed by atoms with Gasteiger partial charge in [0.25, 0.3) is 5.91 Å². The molecule has 4 rings (SSSR count). The molecule has 11 heteroatoms. The minimum absolute atomic E-state index is 0.0340. The summed E-state index contributed by atoms with van der Waals surface area (Å²) in [7, 11) is -1.58. The number of carbonyl (C=O) groups is 1. The van der Waals surface area contributed by atoms with E-state index in [0.29, 0.717) is 44.0 Å². The van der Waals surface area contributed by atoms with Gasteiger partial charge in [0, 0.05) is 36.6 Å². The van der Waals surface area contributed by atoms with Crippen molar-refractivity contribution >= 4 is 33.1 Å². The number of anilines is 1. The van der Waals surface area contributed by atoms with E-state index in [1.807, 2.05) is 24.6 Å². The molecule has 3 N–H and O–H groups in total. The summed E-state index contributed by atoms with van der Waals surface area (Å²) in [5.74, 6) is -0.383. The minimum atomic E-state index is -3.55. The Morgan fingerprint density at radius 3 is 2.53 bits per heavy atom. The van der Waals surface area contributed by atoms with Crippen LogP contribution in [0.1, 0.15) is 15.4 Å². The molecular formula is C21H24N6O3S2. The first-order chi connectivity index (χ1) is 15.3. The highest BCUT2D eigenvalue weighted by molar-refractivity contribution is 7.89. The molecule has 2 aromatic heterocycles. The smallest absolute Gasteiger partial charge is 0.274 e. The number of amides is 1. The van der Waals surface area contributed by atoms with Gasteiger partial charge in [-0.15, -0.1) is 11.3 Å². The fourth-order valence-corrected chi connectivity index (χ4v) is 5.41. The second-order valence-electron chi connectivity index (χ2n) is 7.48. The van der Waals surface area contributed by atoms with Gasteiger partial charge in [0.15, 0.2) is 11.5 Å². The van der Waals surface area contributed by atoms with Crippen molar-refractivity contribution in [2.45, 2.75) is 11.4 Å². The van der Waals surface area contributed by atoms with Crippen molar-refractivity contribution in [3.05, 3.63) is 58.5 Å². The zero-order chi connectivity index (χ0) is 22.7. The molecule has 1 aromatic carbocycles. The highest BCUT2D eigenvalue weighted by atomic mass is 32.2. The summed E-state index contributed by atoms with van der Waals surface area (Å²) in [5.41, 5.74) is 6.98. The van der Waals surface area contributed by atoms with Crippen molar-refractivity contribution in [3.8, 4) is 11.3 Å². The Morgan fingerprint density at radius 1 is 1.16 bits per heavy atom. The third-order valence-electron chi connectivity index (χ3n) is 5.27. The molecule has 0 radical (unpaired) electrons. The van der Waals surface area contributed by atoms with Crippen molar-refractivity contribution in [1.29, 1.82) is 0 Å². The second-order valence-corrected chi connectivity index (χ2v) is 10.5. The average Bonchev–Trinajstić information content (AvgIpc) is 3.32. The molecule has 0 bridgehead atoms. The Kier molecular flexibility index (Phi) is 6.51. The van der Waals surface area contributed by atoms with E-state index in [1.165, 1.54) is 10.5 Å². The molecule has 3 heterocycles. The van der Waals surface area contributed by atoms with Crippen LogP contribution in [0.25, 0.3) is 11.3 Å². The molecule has 168 valence electrons. The molecule has 0 unspecified atom stereocenters. The molecule has 3 aromatic rings. The van der Waals surface area contributed by atoms with Crippen molar-refractivity contribution in [2.24, 2.45) is 0 Å². The van der Waals surface area contributed by atoms with Crippen LogP contribution >= 0.6 is 11.3 Å². The summed E-state index contributed by atoms with van der Waals surface area (Å²) in [6.07, 6.45) is 1.47. The van der Waals surface area contributed by atoms with Crippen LogP contribution in [0, 0.1) is 0 Å². The number of rotatable bonds is 6. The molecule has 0 aliphatic carbocycles. The van der Waals surface area contributed by atoms with E-state index in [1.54, 1.807) is 35.6 Å².